The third kappa shape index (κ3) is 4.18. The lowest BCUT2D eigenvalue weighted by atomic mass is 9.66. The first kappa shape index (κ1) is 24.4. The van der Waals surface area contributed by atoms with Crippen molar-refractivity contribution in [1.29, 1.82) is 0 Å². The zero-order valence-electron chi connectivity index (χ0n) is 22.0. The lowest BCUT2D eigenvalue weighted by Crippen LogP contribution is -2.34. The molecule has 192 valence electrons. The smallest absolute Gasteiger partial charge is 0.128 e. The Morgan fingerprint density at radius 1 is 0.600 bits per heavy atom. The van der Waals surface area contributed by atoms with Crippen molar-refractivity contribution in [3.8, 4) is 22.8 Å². The molecule has 0 unspecified atom stereocenters. The Morgan fingerprint density at radius 3 is 2.02 bits per heavy atom. The molecule has 7 rings (SSSR count). The molecular formula is C36H26N2OS. The summed E-state index contributed by atoms with van der Waals surface area (Å²) in [6, 6.07) is 44.2. The van der Waals surface area contributed by atoms with Crippen molar-refractivity contribution in [3.05, 3.63) is 168 Å². The molecule has 0 aliphatic carbocycles. The molecule has 3 heterocycles. The van der Waals surface area contributed by atoms with Gasteiger partial charge in [0.2, 0.25) is 0 Å². The first-order valence-electron chi connectivity index (χ1n) is 13.3. The minimum absolute atomic E-state index is 0.591. The second-order valence-corrected chi connectivity index (χ2v) is 11.0. The molecule has 0 amide bonds. The van der Waals surface area contributed by atoms with Gasteiger partial charge in [0.05, 0.1) is 16.8 Å². The standard InChI is InChI=1S/C36H26N2OS/c1-25-19-21-37-32(22-25)26-10-8-12-28(23-26)39-29-13-9-11-27(24-29)36(35-18-6-7-20-38-35)30-14-2-4-16-33(30)40-34-17-5-3-15-31(34)36/h2-24H,1H3. The van der Waals surface area contributed by atoms with E-state index in [0.29, 0.717) is 0 Å². The van der Waals surface area contributed by atoms with Crippen molar-refractivity contribution in [2.24, 2.45) is 0 Å². The molecule has 0 radical (unpaired) electrons. The average Bonchev–Trinajstić information content (AvgIpc) is 3.00. The monoisotopic (exact) mass is 534 g/mol. The highest BCUT2D eigenvalue weighted by atomic mass is 32.2. The van der Waals surface area contributed by atoms with Crippen LogP contribution in [0.5, 0.6) is 11.5 Å². The number of ether oxygens (including phenoxy) is 1. The van der Waals surface area contributed by atoms with Gasteiger partial charge in [0.1, 0.15) is 11.5 Å². The van der Waals surface area contributed by atoms with Gasteiger partial charge in [0.25, 0.3) is 0 Å². The van der Waals surface area contributed by atoms with E-state index in [4.69, 9.17) is 9.72 Å². The Labute approximate surface area is 238 Å². The van der Waals surface area contributed by atoms with Crippen LogP contribution in [0.15, 0.2) is 150 Å². The van der Waals surface area contributed by atoms with Crippen LogP contribution in [0, 0.1) is 6.92 Å². The van der Waals surface area contributed by atoms with Crippen LogP contribution in [0.25, 0.3) is 11.3 Å². The Kier molecular flexibility index (Phi) is 6.18. The fraction of sp³-hybridized carbons (Fsp3) is 0.0556. The maximum absolute atomic E-state index is 6.51. The van der Waals surface area contributed by atoms with Gasteiger partial charge in [-0.25, -0.2) is 0 Å². The summed E-state index contributed by atoms with van der Waals surface area (Å²) in [7, 11) is 0. The van der Waals surface area contributed by atoms with E-state index in [1.54, 1.807) is 0 Å². The van der Waals surface area contributed by atoms with Crippen molar-refractivity contribution in [2.45, 2.75) is 22.1 Å². The molecule has 0 bridgehead atoms. The van der Waals surface area contributed by atoms with Gasteiger partial charge in [-0.1, -0.05) is 78.5 Å². The number of hydrogen-bond acceptors (Lipinski definition) is 4. The van der Waals surface area contributed by atoms with Gasteiger partial charge in [-0.2, -0.15) is 0 Å². The highest BCUT2D eigenvalue weighted by molar-refractivity contribution is 7.99. The number of hydrogen-bond donors (Lipinski definition) is 0. The van der Waals surface area contributed by atoms with Crippen LogP contribution in [0.1, 0.15) is 27.9 Å². The lowest BCUT2D eigenvalue weighted by molar-refractivity contribution is 0.481. The normalized spacial score (nSPS) is 13.2. The Hall–Kier alpha value is -4.67. The largest absolute Gasteiger partial charge is 0.457 e. The van der Waals surface area contributed by atoms with Crippen LogP contribution in [-0.2, 0) is 5.41 Å². The highest BCUT2D eigenvalue weighted by Gasteiger charge is 2.45. The Morgan fingerprint density at radius 2 is 1.30 bits per heavy atom. The van der Waals surface area contributed by atoms with Crippen LogP contribution in [-0.4, -0.2) is 9.97 Å². The summed E-state index contributed by atoms with van der Waals surface area (Å²) in [5, 5.41) is 0. The van der Waals surface area contributed by atoms with Crippen LogP contribution in [0.3, 0.4) is 0 Å². The van der Waals surface area contributed by atoms with Crippen molar-refractivity contribution in [2.75, 3.05) is 0 Å². The molecule has 0 N–H and O–H groups in total. The lowest BCUT2D eigenvalue weighted by Gasteiger charge is -2.40. The molecule has 2 aromatic heterocycles. The highest BCUT2D eigenvalue weighted by Crippen LogP contribution is 2.55. The van der Waals surface area contributed by atoms with E-state index >= 15 is 0 Å². The van der Waals surface area contributed by atoms with E-state index in [1.165, 1.54) is 26.5 Å². The van der Waals surface area contributed by atoms with Gasteiger partial charge in [-0.15, -0.1) is 0 Å². The molecule has 4 aromatic carbocycles. The molecule has 0 atom stereocenters. The third-order valence-electron chi connectivity index (χ3n) is 7.40. The van der Waals surface area contributed by atoms with Gasteiger partial charge >= 0.3 is 0 Å². The van der Waals surface area contributed by atoms with Crippen LogP contribution in [0.2, 0.25) is 0 Å². The van der Waals surface area contributed by atoms with Crippen molar-refractivity contribution in [3.63, 3.8) is 0 Å². The number of aromatic nitrogens is 2. The Bertz CT molecular complexity index is 1790. The van der Waals surface area contributed by atoms with E-state index in [9.17, 15) is 0 Å². The molecule has 4 heteroatoms. The maximum atomic E-state index is 6.51. The van der Waals surface area contributed by atoms with Crippen LogP contribution in [0.4, 0.5) is 0 Å². The summed E-state index contributed by atoms with van der Waals surface area (Å²) in [4.78, 5) is 12.0. The number of fused-ring (bicyclic) bond motifs is 2. The number of nitrogens with zero attached hydrogens (tertiary/aromatic N) is 2. The first-order chi connectivity index (χ1) is 19.7. The summed E-state index contributed by atoms with van der Waals surface area (Å²) in [6.07, 6.45) is 3.73. The number of pyridine rings is 2. The summed E-state index contributed by atoms with van der Waals surface area (Å²) in [5.41, 5.74) is 7.09. The van der Waals surface area contributed by atoms with Gasteiger partial charge in [-0.05, 0) is 89.8 Å². The van der Waals surface area contributed by atoms with E-state index in [0.717, 1.165) is 34.0 Å². The molecule has 3 nitrogen and oxygen atoms in total. The molecule has 0 saturated heterocycles. The second kappa shape index (κ2) is 10.1. The maximum Gasteiger partial charge on any atom is 0.128 e. The summed E-state index contributed by atoms with van der Waals surface area (Å²) < 4.78 is 6.51. The SMILES string of the molecule is Cc1ccnc(-c2cccc(Oc3cccc(C4(c5ccccn5)c5ccccc5Sc5ccccc54)c3)c2)c1. The van der Waals surface area contributed by atoms with E-state index in [1.807, 2.05) is 60.6 Å². The molecule has 0 fully saturated rings. The number of aryl methyl sites for hydroxylation is 1. The van der Waals surface area contributed by atoms with E-state index in [2.05, 4.69) is 103 Å². The van der Waals surface area contributed by atoms with Crippen LogP contribution >= 0.6 is 11.8 Å². The minimum atomic E-state index is -0.591. The average molecular weight is 535 g/mol. The van der Waals surface area contributed by atoms with Gasteiger partial charge in [0.15, 0.2) is 0 Å². The van der Waals surface area contributed by atoms with E-state index in [-0.39, 0.29) is 0 Å². The predicted molar refractivity (Wildman–Crippen MR) is 161 cm³/mol. The summed E-state index contributed by atoms with van der Waals surface area (Å²) in [6.45, 7) is 2.08. The van der Waals surface area contributed by atoms with Crippen LogP contribution < -0.4 is 4.74 Å². The molecular weight excluding hydrogens is 508 g/mol. The predicted octanol–water partition coefficient (Wildman–Crippen LogP) is 9.09. The van der Waals surface area contributed by atoms with Gasteiger partial charge < -0.3 is 4.74 Å². The molecule has 0 spiro atoms. The van der Waals surface area contributed by atoms with Gasteiger partial charge in [-0.3, -0.25) is 9.97 Å². The minimum Gasteiger partial charge on any atom is -0.457 e. The van der Waals surface area contributed by atoms with Gasteiger partial charge in [0, 0.05) is 27.7 Å². The fourth-order valence-electron chi connectivity index (χ4n) is 5.66. The zero-order valence-corrected chi connectivity index (χ0v) is 22.8. The molecule has 6 aromatic rings. The number of rotatable bonds is 5. The molecule has 0 saturated carbocycles. The third-order valence-corrected chi connectivity index (χ3v) is 8.55. The summed E-state index contributed by atoms with van der Waals surface area (Å²) in [5.74, 6) is 1.54. The van der Waals surface area contributed by atoms with E-state index < -0.39 is 5.41 Å². The first-order valence-corrected chi connectivity index (χ1v) is 14.1. The van der Waals surface area contributed by atoms with Crippen molar-refractivity contribution in [1.82, 2.24) is 9.97 Å². The molecule has 1 aliphatic heterocycles. The second-order valence-electron chi connectivity index (χ2n) is 9.94. The quantitative estimate of drug-likeness (QED) is 0.221. The fourth-order valence-corrected chi connectivity index (χ4v) is 6.85. The van der Waals surface area contributed by atoms with Crippen molar-refractivity contribution < 1.29 is 4.74 Å². The van der Waals surface area contributed by atoms with Crippen molar-refractivity contribution >= 4 is 11.8 Å². The zero-order chi connectivity index (χ0) is 26.9. The molecule has 1 aliphatic rings. The number of benzene rings is 4. The molecule has 40 heavy (non-hydrogen) atoms. The topological polar surface area (TPSA) is 35.0 Å². The summed E-state index contributed by atoms with van der Waals surface area (Å²) >= 11 is 1.82. The Balaban J connectivity index is 1.38.